The second kappa shape index (κ2) is 8.54. The lowest BCUT2D eigenvalue weighted by Gasteiger charge is -2.22. The van der Waals surface area contributed by atoms with Gasteiger partial charge in [-0.2, -0.15) is 0 Å². The summed E-state index contributed by atoms with van der Waals surface area (Å²) < 4.78 is 0. The van der Waals surface area contributed by atoms with Gasteiger partial charge in [-0.15, -0.1) is 0 Å². The van der Waals surface area contributed by atoms with Crippen LogP contribution < -0.4 is 10.6 Å². The summed E-state index contributed by atoms with van der Waals surface area (Å²) in [6.07, 6.45) is 5.06. The van der Waals surface area contributed by atoms with E-state index in [2.05, 4.69) is 10.6 Å². The van der Waals surface area contributed by atoms with Gasteiger partial charge in [0, 0.05) is 12.6 Å². The van der Waals surface area contributed by atoms with Crippen molar-refractivity contribution >= 4 is 11.8 Å². The molecule has 0 aromatic heterocycles. The van der Waals surface area contributed by atoms with Crippen LogP contribution in [0.25, 0.3) is 0 Å². The molecule has 5 heteroatoms. The van der Waals surface area contributed by atoms with Crippen LogP contribution in [0.15, 0.2) is 30.3 Å². The summed E-state index contributed by atoms with van der Waals surface area (Å²) in [7, 11) is 0. The number of aliphatic hydroxyl groups excluding tert-OH is 1. The largest absolute Gasteiger partial charge is 0.388 e. The molecule has 22 heavy (non-hydrogen) atoms. The zero-order chi connectivity index (χ0) is 15.8. The quantitative estimate of drug-likeness (QED) is 0.724. The smallest absolute Gasteiger partial charge is 0.309 e. The first kappa shape index (κ1) is 16.5. The predicted octanol–water partition coefficient (Wildman–Crippen LogP) is 1.68. The van der Waals surface area contributed by atoms with Gasteiger partial charge in [0.05, 0.1) is 6.10 Å². The molecule has 0 saturated heterocycles. The number of amides is 2. The van der Waals surface area contributed by atoms with E-state index >= 15 is 0 Å². The Labute approximate surface area is 131 Å². The average Bonchev–Trinajstić information content (AvgIpc) is 2.56. The topological polar surface area (TPSA) is 78.4 Å². The van der Waals surface area contributed by atoms with Gasteiger partial charge < -0.3 is 15.7 Å². The minimum absolute atomic E-state index is 0.127. The first-order valence-corrected chi connectivity index (χ1v) is 7.98. The normalized spacial score (nSPS) is 16.8. The Morgan fingerprint density at radius 3 is 2.45 bits per heavy atom. The van der Waals surface area contributed by atoms with Crippen molar-refractivity contribution in [3.05, 3.63) is 35.9 Å². The molecule has 2 amide bonds. The first-order chi connectivity index (χ1) is 10.7. The Hall–Kier alpha value is -1.88. The summed E-state index contributed by atoms with van der Waals surface area (Å²) in [5.41, 5.74) is 0.809. The van der Waals surface area contributed by atoms with Crippen molar-refractivity contribution in [2.75, 3.05) is 6.54 Å². The molecule has 0 heterocycles. The molecular formula is C17H24N2O3. The Morgan fingerprint density at radius 2 is 1.77 bits per heavy atom. The van der Waals surface area contributed by atoms with Crippen LogP contribution in [0.3, 0.4) is 0 Å². The van der Waals surface area contributed by atoms with Crippen LogP contribution in [0.1, 0.15) is 50.2 Å². The average molecular weight is 304 g/mol. The van der Waals surface area contributed by atoms with E-state index in [1.54, 1.807) is 0 Å². The summed E-state index contributed by atoms with van der Waals surface area (Å²) in [5.74, 6) is -1.19. The molecule has 1 aromatic rings. The van der Waals surface area contributed by atoms with Gasteiger partial charge in [0.2, 0.25) is 0 Å². The third kappa shape index (κ3) is 5.15. The molecule has 0 aliphatic heterocycles. The lowest BCUT2D eigenvalue weighted by Crippen LogP contribution is -2.45. The fourth-order valence-electron chi connectivity index (χ4n) is 2.74. The molecule has 1 saturated carbocycles. The number of carbonyl (C=O) groups excluding carboxylic acids is 2. The summed E-state index contributed by atoms with van der Waals surface area (Å²) >= 11 is 0. The van der Waals surface area contributed by atoms with Crippen LogP contribution in [-0.2, 0) is 9.59 Å². The van der Waals surface area contributed by atoms with E-state index < -0.39 is 17.9 Å². The van der Waals surface area contributed by atoms with E-state index in [1.165, 1.54) is 6.42 Å². The van der Waals surface area contributed by atoms with E-state index in [9.17, 15) is 14.7 Å². The van der Waals surface area contributed by atoms with Crippen molar-refractivity contribution < 1.29 is 14.7 Å². The van der Waals surface area contributed by atoms with Crippen LogP contribution in [0.2, 0.25) is 0 Å². The highest BCUT2D eigenvalue weighted by Gasteiger charge is 2.20. The van der Waals surface area contributed by atoms with Gasteiger partial charge in [-0.1, -0.05) is 49.6 Å². The summed E-state index contributed by atoms with van der Waals surface area (Å²) in [6, 6.07) is 9.39. The Balaban J connectivity index is 1.67. The molecule has 2 rings (SSSR count). The van der Waals surface area contributed by atoms with Gasteiger partial charge in [0.25, 0.3) is 0 Å². The van der Waals surface area contributed by atoms with Gasteiger partial charge in [-0.3, -0.25) is 9.59 Å². The molecule has 1 aromatic carbocycles. The molecule has 1 fully saturated rings. The van der Waals surface area contributed by atoms with Gasteiger partial charge in [0.1, 0.15) is 0 Å². The maximum absolute atomic E-state index is 11.8. The van der Waals surface area contributed by atoms with Gasteiger partial charge >= 0.3 is 11.8 Å². The lowest BCUT2D eigenvalue weighted by molar-refractivity contribution is -0.139. The molecule has 0 spiro atoms. The number of hydrogen-bond acceptors (Lipinski definition) is 3. The fraction of sp³-hybridized carbons (Fsp3) is 0.529. The molecule has 3 N–H and O–H groups in total. The third-order valence-corrected chi connectivity index (χ3v) is 4.03. The predicted molar refractivity (Wildman–Crippen MR) is 84.0 cm³/mol. The minimum Gasteiger partial charge on any atom is -0.388 e. The Bertz CT molecular complexity index is 484. The number of aliphatic hydroxyl groups is 1. The van der Waals surface area contributed by atoms with Crippen LogP contribution in [0.4, 0.5) is 0 Å². The molecule has 1 atom stereocenters. The first-order valence-electron chi connectivity index (χ1n) is 7.98. The number of hydrogen-bond donors (Lipinski definition) is 3. The molecule has 120 valence electrons. The SMILES string of the molecule is O=C(NCCC(O)c1ccccc1)C(=O)NC1CCCCC1. The summed E-state index contributed by atoms with van der Waals surface area (Å²) in [5, 5.41) is 15.3. The molecule has 0 bridgehead atoms. The molecule has 5 nitrogen and oxygen atoms in total. The zero-order valence-corrected chi connectivity index (χ0v) is 12.8. The summed E-state index contributed by atoms with van der Waals surface area (Å²) in [6.45, 7) is 0.271. The highest BCUT2D eigenvalue weighted by molar-refractivity contribution is 6.35. The van der Waals surface area contributed by atoms with Crippen LogP contribution in [-0.4, -0.2) is 29.5 Å². The Morgan fingerprint density at radius 1 is 1.09 bits per heavy atom. The van der Waals surface area contributed by atoms with E-state index in [-0.39, 0.29) is 12.6 Å². The molecule has 1 aliphatic rings. The van der Waals surface area contributed by atoms with Crippen LogP contribution in [0.5, 0.6) is 0 Å². The van der Waals surface area contributed by atoms with Crippen molar-refractivity contribution in [2.24, 2.45) is 0 Å². The Kier molecular flexibility index (Phi) is 6.40. The molecule has 1 unspecified atom stereocenters. The number of benzene rings is 1. The van der Waals surface area contributed by atoms with Crippen LogP contribution in [0, 0.1) is 0 Å². The molecular weight excluding hydrogens is 280 g/mol. The number of nitrogens with one attached hydrogen (secondary N) is 2. The number of carbonyl (C=O) groups is 2. The summed E-state index contributed by atoms with van der Waals surface area (Å²) in [4.78, 5) is 23.5. The minimum atomic E-state index is -0.636. The lowest BCUT2D eigenvalue weighted by atomic mass is 9.95. The second-order valence-corrected chi connectivity index (χ2v) is 5.78. The molecule has 1 aliphatic carbocycles. The van der Waals surface area contributed by atoms with Crippen molar-refractivity contribution in [3.63, 3.8) is 0 Å². The number of rotatable bonds is 5. The van der Waals surface area contributed by atoms with E-state index in [1.807, 2.05) is 30.3 Å². The van der Waals surface area contributed by atoms with E-state index in [0.717, 1.165) is 31.2 Å². The van der Waals surface area contributed by atoms with Crippen LogP contribution >= 0.6 is 0 Å². The zero-order valence-electron chi connectivity index (χ0n) is 12.8. The monoisotopic (exact) mass is 304 g/mol. The maximum Gasteiger partial charge on any atom is 0.309 e. The van der Waals surface area contributed by atoms with Crippen molar-refractivity contribution in [3.8, 4) is 0 Å². The van der Waals surface area contributed by atoms with Gasteiger partial charge in [0.15, 0.2) is 0 Å². The third-order valence-electron chi connectivity index (χ3n) is 4.03. The standard InChI is InChI=1S/C17H24N2O3/c20-15(13-7-3-1-4-8-13)11-12-18-16(21)17(22)19-14-9-5-2-6-10-14/h1,3-4,7-8,14-15,20H,2,5-6,9-12H2,(H,18,21)(H,19,22). The van der Waals surface area contributed by atoms with E-state index in [4.69, 9.17) is 0 Å². The fourth-order valence-corrected chi connectivity index (χ4v) is 2.74. The van der Waals surface area contributed by atoms with Crippen molar-refractivity contribution in [1.82, 2.24) is 10.6 Å². The van der Waals surface area contributed by atoms with Crippen molar-refractivity contribution in [1.29, 1.82) is 0 Å². The highest BCUT2D eigenvalue weighted by Crippen LogP contribution is 2.17. The highest BCUT2D eigenvalue weighted by atomic mass is 16.3. The second-order valence-electron chi connectivity index (χ2n) is 5.78. The van der Waals surface area contributed by atoms with Gasteiger partial charge in [-0.05, 0) is 24.8 Å². The molecule has 0 radical (unpaired) electrons. The van der Waals surface area contributed by atoms with Crippen molar-refractivity contribution in [2.45, 2.75) is 50.7 Å². The van der Waals surface area contributed by atoms with E-state index in [0.29, 0.717) is 6.42 Å². The maximum atomic E-state index is 11.8. The van der Waals surface area contributed by atoms with Gasteiger partial charge in [-0.25, -0.2) is 0 Å².